The molecule has 21 heavy (non-hydrogen) atoms. The Bertz CT molecular complexity index is 473. The van der Waals surface area contributed by atoms with Crippen LogP contribution in [-0.4, -0.2) is 30.6 Å². The number of benzene rings is 1. The highest BCUT2D eigenvalue weighted by molar-refractivity contribution is 5.19. The molecule has 0 bridgehead atoms. The van der Waals surface area contributed by atoms with Crippen molar-refractivity contribution in [2.75, 3.05) is 19.6 Å². The second-order valence-electron chi connectivity index (χ2n) is 6.30. The van der Waals surface area contributed by atoms with Crippen LogP contribution in [0.5, 0.6) is 0 Å². The summed E-state index contributed by atoms with van der Waals surface area (Å²) >= 11 is 0. The van der Waals surface area contributed by atoms with Gasteiger partial charge in [-0.2, -0.15) is 0 Å². The van der Waals surface area contributed by atoms with Gasteiger partial charge in [0.2, 0.25) is 0 Å². The summed E-state index contributed by atoms with van der Waals surface area (Å²) in [6.07, 6.45) is 4.80. The largest absolute Gasteiger partial charge is 0.313 e. The van der Waals surface area contributed by atoms with Gasteiger partial charge in [-0.1, -0.05) is 0 Å². The third kappa shape index (κ3) is 3.98. The Morgan fingerprint density at radius 3 is 2.33 bits per heavy atom. The molecule has 1 aliphatic carbocycles. The van der Waals surface area contributed by atoms with Crippen LogP contribution in [0.4, 0.5) is 13.2 Å². The molecule has 0 radical (unpaired) electrons. The Morgan fingerprint density at radius 2 is 1.76 bits per heavy atom. The molecule has 116 valence electrons. The first-order valence-electron chi connectivity index (χ1n) is 7.71. The Morgan fingerprint density at radius 1 is 1.05 bits per heavy atom. The van der Waals surface area contributed by atoms with E-state index in [2.05, 4.69) is 10.2 Å². The van der Waals surface area contributed by atoms with Crippen molar-refractivity contribution in [3.63, 3.8) is 0 Å². The van der Waals surface area contributed by atoms with Crippen LogP contribution in [0.25, 0.3) is 0 Å². The average molecular weight is 298 g/mol. The molecular formula is C16H21F3N2. The van der Waals surface area contributed by atoms with Gasteiger partial charge in [-0.25, -0.2) is 13.2 Å². The van der Waals surface area contributed by atoms with Crippen LogP contribution in [0.3, 0.4) is 0 Å². The van der Waals surface area contributed by atoms with Gasteiger partial charge >= 0.3 is 0 Å². The fraction of sp³-hybridized carbons (Fsp3) is 0.625. The Kier molecular flexibility index (Phi) is 4.50. The van der Waals surface area contributed by atoms with Crippen LogP contribution in [0.1, 0.15) is 31.2 Å². The molecule has 1 heterocycles. The van der Waals surface area contributed by atoms with E-state index in [-0.39, 0.29) is 0 Å². The fourth-order valence-corrected chi connectivity index (χ4v) is 3.05. The van der Waals surface area contributed by atoms with Crippen molar-refractivity contribution in [1.82, 2.24) is 10.2 Å². The van der Waals surface area contributed by atoms with Crippen molar-refractivity contribution in [2.45, 2.75) is 38.3 Å². The topological polar surface area (TPSA) is 15.3 Å². The van der Waals surface area contributed by atoms with Crippen LogP contribution in [0, 0.1) is 23.4 Å². The molecule has 2 aliphatic rings. The number of nitrogens with one attached hydrogen (secondary N) is 1. The second kappa shape index (κ2) is 6.36. The summed E-state index contributed by atoms with van der Waals surface area (Å²) in [5.41, 5.74) is 0.505. The Balaban J connectivity index is 1.67. The van der Waals surface area contributed by atoms with E-state index < -0.39 is 17.5 Å². The Labute approximate surface area is 123 Å². The Hall–Kier alpha value is -1.07. The lowest BCUT2D eigenvalue weighted by Crippen LogP contribution is -2.38. The minimum Gasteiger partial charge on any atom is -0.313 e. The summed E-state index contributed by atoms with van der Waals surface area (Å²) in [4.78, 5) is 2.24. The molecule has 1 aromatic carbocycles. The van der Waals surface area contributed by atoms with Crippen molar-refractivity contribution in [1.29, 1.82) is 0 Å². The quantitative estimate of drug-likeness (QED) is 0.812. The molecule has 5 heteroatoms. The van der Waals surface area contributed by atoms with E-state index in [9.17, 15) is 13.2 Å². The maximum Gasteiger partial charge on any atom is 0.194 e. The van der Waals surface area contributed by atoms with Gasteiger partial charge in [-0.3, -0.25) is 4.90 Å². The van der Waals surface area contributed by atoms with Crippen LogP contribution in [0.15, 0.2) is 12.1 Å². The van der Waals surface area contributed by atoms with Gasteiger partial charge in [0, 0.05) is 25.7 Å². The van der Waals surface area contributed by atoms with Crippen molar-refractivity contribution in [2.24, 2.45) is 5.92 Å². The molecule has 1 atom stereocenters. The van der Waals surface area contributed by atoms with Gasteiger partial charge < -0.3 is 5.32 Å². The lowest BCUT2D eigenvalue weighted by atomic mass is 10.1. The highest BCUT2D eigenvalue weighted by Gasteiger charge is 2.27. The third-order valence-corrected chi connectivity index (χ3v) is 4.30. The maximum atomic E-state index is 13.3. The number of halogens is 3. The zero-order chi connectivity index (χ0) is 14.8. The molecule has 1 aromatic rings. The monoisotopic (exact) mass is 298 g/mol. The lowest BCUT2D eigenvalue weighted by molar-refractivity contribution is 0.231. The van der Waals surface area contributed by atoms with Crippen LogP contribution in [0.2, 0.25) is 0 Å². The number of hydrogen-bond acceptors (Lipinski definition) is 2. The maximum absolute atomic E-state index is 13.3. The highest BCUT2D eigenvalue weighted by Crippen LogP contribution is 2.30. The van der Waals surface area contributed by atoms with E-state index in [1.54, 1.807) is 0 Å². The van der Waals surface area contributed by atoms with Gasteiger partial charge in [0.25, 0.3) is 0 Å². The lowest BCUT2D eigenvalue weighted by Gasteiger charge is -2.26. The van der Waals surface area contributed by atoms with Crippen LogP contribution in [-0.2, 0) is 6.54 Å². The zero-order valence-electron chi connectivity index (χ0n) is 12.0. The first-order valence-corrected chi connectivity index (χ1v) is 7.71. The number of nitrogens with zero attached hydrogens (tertiary/aromatic N) is 1. The predicted octanol–water partition coefficient (Wildman–Crippen LogP) is 3.07. The minimum absolute atomic E-state index is 0.457. The smallest absolute Gasteiger partial charge is 0.194 e. The summed E-state index contributed by atoms with van der Waals surface area (Å²) in [6, 6.07) is 2.68. The second-order valence-corrected chi connectivity index (χ2v) is 6.30. The molecule has 1 aliphatic heterocycles. The molecule has 1 saturated carbocycles. The molecule has 0 aromatic heterocycles. The summed E-state index contributed by atoms with van der Waals surface area (Å²) in [5.74, 6) is -2.88. The number of rotatable bonds is 6. The van der Waals surface area contributed by atoms with E-state index >= 15 is 0 Å². The standard InChI is InChI=1S/C16H21F3N2/c17-14-6-12(7-15(18)16(14)19)9-21(8-11-3-4-11)10-13-2-1-5-20-13/h6-7,11,13,20H,1-5,8-10H2. The molecule has 0 amide bonds. The van der Waals surface area contributed by atoms with Gasteiger partial charge in [0.15, 0.2) is 17.5 Å². The molecular weight excluding hydrogens is 277 g/mol. The van der Waals surface area contributed by atoms with Gasteiger partial charge in [-0.05, 0) is 55.8 Å². The third-order valence-electron chi connectivity index (χ3n) is 4.30. The first-order chi connectivity index (χ1) is 10.1. The number of hydrogen-bond donors (Lipinski definition) is 1. The van der Waals surface area contributed by atoms with Crippen molar-refractivity contribution in [3.05, 3.63) is 35.1 Å². The fourth-order valence-electron chi connectivity index (χ4n) is 3.05. The summed E-state index contributed by atoms with van der Waals surface area (Å²) in [5, 5.41) is 3.45. The van der Waals surface area contributed by atoms with E-state index in [0.717, 1.165) is 38.2 Å². The van der Waals surface area contributed by atoms with E-state index in [0.29, 0.717) is 24.1 Å². The van der Waals surface area contributed by atoms with Crippen LogP contribution < -0.4 is 5.32 Å². The molecule has 1 unspecified atom stereocenters. The van der Waals surface area contributed by atoms with Crippen molar-refractivity contribution >= 4 is 0 Å². The predicted molar refractivity (Wildman–Crippen MR) is 75.3 cm³/mol. The van der Waals surface area contributed by atoms with Crippen molar-refractivity contribution in [3.8, 4) is 0 Å². The SMILES string of the molecule is Fc1cc(CN(CC2CC2)CC2CCCN2)cc(F)c1F. The van der Waals surface area contributed by atoms with Gasteiger partial charge in [0.05, 0.1) is 0 Å². The van der Waals surface area contributed by atoms with E-state index in [1.165, 1.54) is 19.3 Å². The van der Waals surface area contributed by atoms with Crippen LogP contribution >= 0.6 is 0 Å². The normalized spacial score (nSPS) is 22.2. The van der Waals surface area contributed by atoms with Gasteiger partial charge in [-0.15, -0.1) is 0 Å². The molecule has 1 N–H and O–H groups in total. The highest BCUT2D eigenvalue weighted by atomic mass is 19.2. The molecule has 1 saturated heterocycles. The molecule has 2 nitrogen and oxygen atoms in total. The molecule has 3 rings (SSSR count). The summed E-state index contributed by atoms with van der Waals surface area (Å²) < 4.78 is 39.7. The molecule has 2 fully saturated rings. The first kappa shape index (κ1) is 14.9. The molecule has 0 spiro atoms. The van der Waals surface area contributed by atoms with Crippen molar-refractivity contribution < 1.29 is 13.2 Å². The van der Waals surface area contributed by atoms with E-state index in [4.69, 9.17) is 0 Å². The summed E-state index contributed by atoms with van der Waals surface area (Å²) in [6.45, 7) is 3.36. The zero-order valence-corrected chi connectivity index (χ0v) is 12.0. The average Bonchev–Trinajstić information content (AvgIpc) is 3.09. The van der Waals surface area contributed by atoms with E-state index in [1.807, 2.05) is 0 Å². The summed E-state index contributed by atoms with van der Waals surface area (Å²) in [7, 11) is 0. The minimum atomic E-state index is -1.38. The van der Waals surface area contributed by atoms with Gasteiger partial charge in [0.1, 0.15) is 0 Å².